The average molecular weight is 302 g/mol. The predicted molar refractivity (Wildman–Crippen MR) is 60.7 cm³/mol. The van der Waals surface area contributed by atoms with Crippen LogP contribution in [-0.4, -0.2) is 15.6 Å². The van der Waals surface area contributed by atoms with E-state index in [1.165, 1.54) is 18.7 Å². The Morgan fingerprint density at radius 1 is 1.35 bits per heavy atom. The highest BCUT2D eigenvalue weighted by Gasteiger charge is 2.14. The van der Waals surface area contributed by atoms with Crippen LogP contribution in [0.25, 0.3) is 0 Å². The van der Waals surface area contributed by atoms with Crippen molar-refractivity contribution in [1.82, 2.24) is 9.55 Å². The summed E-state index contributed by atoms with van der Waals surface area (Å²) >= 11 is 2.94. The van der Waals surface area contributed by atoms with E-state index in [9.17, 15) is 13.6 Å². The van der Waals surface area contributed by atoms with Crippen LogP contribution in [0.4, 0.5) is 19.3 Å². The topological polar surface area (TPSA) is 46.9 Å². The monoisotopic (exact) mass is 301 g/mol. The number of nitrogens with zero attached hydrogens (tertiary/aromatic N) is 2. The number of carbonyl (C=O) groups is 1. The minimum atomic E-state index is -0.856. The van der Waals surface area contributed by atoms with E-state index in [1.807, 2.05) is 0 Å². The van der Waals surface area contributed by atoms with E-state index in [0.717, 1.165) is 16.7 Å². The summed E-state index contributed by atoms with van der Waals surface area (Å²) in [5.74, 6) is -1.71. The third kappa shape index (κ3) is 2.50. The molecule has 1 N–H and O–H groups in total. The summed E-state index contributed by atoms with van der Waals surface area (Å²) in [6.45, 7) is 0. The van der Waals surface area contributed by atoms with Crippen LogP contribution in [0.1, 0.15) is 0 Å². The number of aromatic nitrogens is 2. The number of nitrogens with one attached hydrogen (secondary N) is 1. The Morgan fingerprint density at radius 3 is 2.53 bits per heavy atom. The van der Waals surface area contributed by atoms with Crippen LogP contribution < -0.4 is 5.32 Å². The summed E-state index contributed by atoms with van der Waals surface area (Å²) in [5, 5.41) is 2.12. The molecule has 7 heteroatoms. The first kappa shape index (κ1) is 11.7. The highest BCUT2D eigenvalue weighted by Crippen LogP contribution is 2.23. The van der Waals surface area contributed by atoms with Crippen molar-refractivity contribution < 1.29 is 13.6 Å². The lowest BCUT2D eigenvalue weighted by molar-refractivity contribution is 0.253. The molecule has 0 unspecified atom stereocenters. The van der Waals surface area contributed by atoms with Crippen molar-refractivity contribution in [2.24, 2.45) is 0 Å². The molecule has 2 rings (SSSR count). The third-order valence-corrected chi connectivity index (χ3v) is 2.44. The second-order valence-electron chi connectivity index (χ2n) is 3.14. The van der Waals surface area contributed by atoms with Crippen molar-refractivity contribution in [2.75, 3.05) is 5.32 Å². The van der Waals surface area contributed by atoms with Crippen molar-refractivity contribution >= 4 is 27.6 Å². The molecule has 0 aliphatic heterocycles. The van der Waals surface area contributed by atoms with Crippen molar-refractivity contribution in [3.05, 3.63) is 47.0 Å². The highest BCUT2D eigenvalue weighted by molar-refractivity contribution is 9.10. The van der Waals surface area contributed by atoms with Gasteiger partial charge in [0, 0.05) is 16.9 Å². The molecule has 1 aromatic carbocycles. The number of hydrogen-bond donors (Lipinski definition) is 1. The number of rotatable bonds is 1. The maximum atomic E-state index is 13.4. The standard InChI is InChI=1S/C10H6BrF2N3O/c11-6-3-7(12)9(8(13)4-6)15-10(17)16-2-1-14-5-16/h1-5H,(H,15,17). The van der Waals surface area contributed by atoms with Gasteiger partial charge < -0.3 is 5.32 Å². The van der Waals surface area contributed by atoms with Gasteiger partial charge in [0.15, 0.2) is 11.6 Å². The summed E-state index contributed by atoms with van der Waals surface area (Å²) < 4.78 is 28.1. The second-order valence-corrected chi connectivity index (χ2v) is 4.06. The molecule has 0 fully saturated rings. The van der Waals surface area contributed by atoms with Crippen LogP contribution in [0.3, 0.4) is 0 Å². The lowest BCUT2D eigenvalue weighted by atomic mass is 10.3. The molecule has 0 aliphatic carbocycles. The molecule has 0 atom stereocenters. The number of anilines is 1. The molecule has 0 saturated heterocycles. The van der Waals surface area contributed by atoms with Gasteiger partial charge >= 0.3 is 6.03 Å². The van der Waals surface area contributed by atoms with Crippen LogP contribution in [-0.2, 0) is 0 Å². The van der Waals surface area contributed by atoms with Gasteiger partial charge in [-0.15, -0.1) is 0 Å². The smallest absolute Gasteiger partial charge is 0.302 e. The van der Waals surface area contributed by atoms with Gasteiger partial charge in [-0.2, -0.15) is 0 Å². The van der Waals surface area contributed by atoms with E-state index in [2.05, 4.69) is 26.2 Å². The molecule has 1 aromatic heterocycles. The van der Waals surface area contributed by atoms with Crippen molar-refractivity contribution in [1.29, 1.82) is 0 Å². The Bertz CT molecular complexity index is 534. The Kier molecular flexibility index (Phi) is 3.19. The first-order valence-electron chi connectivity index (χ1n) is 4.52. The summed E-state index contributed by atoms with van der Waals surface area (Å²) in [6.07, 6.45) is 3.97. The molecule has 17 heavy (non-hydrogen) atoms. The lowest BCUT2D eigenvalue weighted by Crippen LogP contribution is -2.19. The van der Waals surface area contributed by atoms with Crippen molar-refractivity contribution in [2.45, 2.75) is 0 Å². The van der Waals surface area contributed by atoms with Gasteiger partial charge in [-0.05, 0) is 12.1 Å². The lowest BCUT2D eigenvalue weighted by Gasteiger charge is -2.07. The average Bonchev–Trinajstić information content (AvgIpc) is 2.76. The number of carbonyl (C=O) groups excluding carboxylic acids is 1. The van der Waals surface area contributed by atoms with Gasteiger partial charge in [0.2, 0.25) is 0 Å². The molecule has 1 heterocycles. The maximum absolute atomic E-state index is 13.4. The number of benzene rings is 1. The fraction of sp³-hybridized carbons (Fsp3) is 0. The van der Waals surface area contributed by atoms with Crippen LogP contribution in [0.5, 0.6) is 0 Å². The van der Waals surface area contributed by atoms with Crippen LogP contribution in [0.15, 0.2) is 35.3 Å². The van der Waals surface area contributed by atoms with Crippen LogP contribution in [0, 0.1) is 11.6 Å². The number of halogens is 3. The van der Waals surface area contributed by atoms with E-state index >= 15 is 0 Å². The molecule has 0 spiro atoms. The highest BCUT2D eigenvalue weighted by atomic mass is 79.9. The molecule has 0 aliphatic rings. The van der Waals surface area contributed by atoms with Gasteiger partial charge in [0.05, 0.1) is 0 Å². The zero-order chi connectivity index (χ0) is 12.4. The number of hydrogen-bond acceptors (Lipinski definition) is 2. The normalized spacial score (nSPS) is 10.3. The summed E-state index contributed by atoms with van der Waals surface area (Å²) in [5.41, 5.74) is -0.494. The summed E-state index contributed by atoms with van der Waals surface area (Å²) in [7, 11) is 0. The Labute approximate surface area is 103 Å². The number of imidazole rings is 1. The number of amides is 1. The van der Waals surface area contributed by atoms with E-state index in [1.54, 1.807) is 0 Å². The molecular weight excluding hydrogens is 296 g/mol. The fourth-order valence-electron chi connectivity index (χ4n) is 1.21. The Hall–Kier alpha value is -1.76. The first-order valence-corrected chi connectivity index (χ1v) is 5.31. The van der Waals surface area contributed by atoms with E-state index in [-0.39, 0.29) is 4.47 Å². The molecule has 0 radical (unpaired) electrons. The Balaban J connectivity index is 2.28. The molecule has 88 valence electrons. The molecular formula is C10H6BrF2N3O. The molecule has 0 saturated carbocycles. The largest absolute Gasteiger partial charge is 0.331 e. The Morgan fingerprint density at radius 2 is 2.00 bits per heavy atom. The van der Waals surface area contributed by atoms with Gasteiger partial charge in [-0.3, -0.25) is 4.57 Å². The van der Waals surface area contributed by atoms with Gasteiger partial charge in [0.1, 0.15) is 12.0 Å². The van der Waals surface area contributed by atoms with Crippen LogP contribution >= 0.6 is 15.9 Å². The van der Waals surface area contributed by atoms with E-state index < -0.39 is 23.4 Å². The fourth-order valence-corrected chi connectivity index (χ4v) is 1.61. The summed E-state index contributed by atoms with van der Waals surface area (Å²) in [4.78, 5) is 15.2. The molecule has 2 aromatic rings. The zero-order valence-corrected chi connectivity index (χ0v) is 9.91. The third-order valence-electron chi connectivity index (χ3n) is 1.98. The molecule has 4 nitrogen and oxygen atoms in total. The minimum absolute atomic E-state index is 0.258. The summed E-state index contributed by atoms with van der Waals surface area (Å²) in [6, 6.07) is 1.43. The second kappa shape index (κ2) is 4.62. The van der Waals surface area contributed by atoms with E-state index in [4.69, 9.17) is 0 Å². The minimum Gasteiger partial charge on any atom is -0.302 e. The molecule has 1 amide bonds. The van der Waals surface area contributed by atoms with Crippen molar-refractivity contribution in [3.8, 4) is 0 Å². The predicted octanol–water partition coefficient (Wildman–Crippen LogP) is 3.00. The van der Waals surface area contributed by atoms with Crippen LogP contribution in [0.2, 0.25) is 0 Å². The quantitative estimate of drug-likeness (QED) is 0.880. The van der Waals surface area contributed by atoms with Gasteiger partial charge in [0.25, 0.3) is 0 Å². The molecule has 0 bridgehead atoms. The zero-order valence-electron chi connectivity index (χ0n) is 8.32. The van der Waals surface area contributed by atoms with E-state index in [0.29, 0.717) is 0 Å². The van der Waals surface area contributed by atoms with Crippen molar-refractivity contribution in [3.63, 3.8) is 0 Å². The maximum Gasteiger partial charge on any atom is 0.331 e. The first-order chi connectivity index (χ1) is 8.08. The van der Waals surface area contributed by atoms with Gasteiger partial charge in [-0.25, -0.2) is 18.6 Å². The SMILES string of the molecule is O=C(Nc1c(F)cc(Br)cc1F)n1ccnc1. The van der Waals surface area contributed by atoms with Gasteiger partial charge in [-0.1, -0.05) is 15.9 Å².